The van der Waals surface area contributed by atoms with Crippen LogP contribution in [0, 0.1) is 0 Å². The van der Waals surface area contributed by atoms with Crippen LogP contribution in [0.5, 0.6) is 0 Å². The van der Waals surface area contributed by atoms with Gasteiger partial charge in [0.15, 0.2) is 6.04 Å². The van der Waals surface area contributed by atoms with Crippen molar-refractivity contribution in [1.82, 2.24) is 15.1 Å². The summed E-state index contributed by atoms with van der Waals surface area (Å²) in [6.45, 7) is 4.79. The fourth-order valence-electron chi connectivity index (χ4n) is 3.08. The second-order valence-electron chi connectivity index (χ2n) is 8.16. The van der Waals surface area contributed by atoms with E-state index in [4.69, 9.17) is 4.42 Å². The summed E-state index contributed by atoms with van der Waals surface area (Å²) in [7, 11) is 0. The van der Waals surface area contributed by atoms with Gasteiger partial charge in [-0.05, 0) is 51.6 Å². The van der Waals surface area contributed by atoms with E-state index in [1.807, 2.05) is 29.3 Å². The normalized spacial score (nSPS) is 15.2. The lowest BCUT2D eigenvalue weighted by Crippen LogP contribution is -2.51. The van der Waals surface area contributed by atoms with E-state index in [0.717, 1.165) is 0 Å². The number of nitrogens with zero attached hydrogens (tertiary/aromatic N) is 2. The second-order valence-corrected chi connectivity index (χ2v) is 8.16. The molecule has 1 N–H and O–H groups in total. The summed E-state index contributed by atoms with van der Waals surface area (Å²) in [6, 6.07) is 1.36. The topological polar surface area (TPSA) is 65.8 Å². The Hall–Kier alpha value is -2.71. The molecule has 0 spiro atoms. The zero-order chi connectivity index (χ0) is 22.4. The van der Waals surface area contributed by atoms with Crippen molar-refractivity contribution in [1.29, 1.82) is 0 Å². The number of carbonyl (C=O) groups excluding carboxylic acids is 2. The number of carbonyl (C=O) groups is 2. The molecule has 0 saturated heterocycles. The third-order valence-corrected chi connectivity index (χ3v) is 4.26. The molecule has 6 nitrogen and oxygen atoms in total. The van der Waals surface area contributed by atoms with Crippen molar-refractivity contribution in [2.75, 3.05) is 19.6 Å². The Morgan fingerprint density at radius 2 is 2.00 bits per heavy atom. The fourth-order valence-corrected chi connectivity index (χ4v) is 3.08. The summed E-state index contributed by atoms with van der Waals surface area (Å²) in [5.74, 6) is -1.49. The lowest BCUT2D eigenvalue weighted by Gasteiger charge is -2.33. The average molecular weight is 427 g/mol. The number of hydrogen-bond acceptors (Lipinski definition) is 4. The van der Waals surface area contributed by atoms with Crippen molar-refractivity contribution in [2.24, 2.45) is 0 Å². The maximum atomic E-state index is 13.3. The van der Waals surface area contributed by atoms with Gasteiger partial charge in [-0.15, -0.1) is 0 Å². The molecule has 1 atom stereocenters. The van der Waals surface area contributed by atoms with Crippen LogP contribution in [0.15, 0.2) is 47.2 Å². The van der Waals surface area contributed by atoms with Crippen molar-refractivity contribution in [3.8, 4) is 0 Å². The van der Waals surface area contributed by atoms with Gasteiger partial charge in [0, 0.05) is 25.0 Å². The molecule has 30 heavy (non-hydrogen) atoms. The van der Waals surface area contributed by atoms with E-state index in [-0.39, 0.29) is 12.2 Å². The highest BCUT2D eigenvalue weighted by Gasteiger charge is 2.41. The number of nitrogens with one attached hydrogen (secondary N) is 1. The van der Waals surface area contributed by atoms with Crippen LogP contribution in [0.4, 0.5) is 13.2 Å². The SMILES string of the molecule is CC(C)(C)NC(=O)C(c1ccco1)N(CC(F)(F)F)C(=O)CCCN1C=CC=CC1. The first-order valence-electron chi connectivity index (χ1n) is 9.75. The van der Waals surface area contributed by atoms with Gasteiger partial charge in [-0.2, -0.15) is 13.2 Å². The van der Waals surface area contributed by atoms with Gasteiger partial charge in [-0.3, -0.25) is 9.59 Å². The van der Waals surface area contributed by atoms with E-state index in [1.165, 1.54) is 18.4 Å². The van der Waals surface area contributed by atoms with Crippen molar-refractivity contribution < 1.29 is 27.2 Å². The molecule has 9 heteroatoms. The molecule has 0 aromatic carbocycles. The fraction of sp³-hybridized carbons (Fsp3) is 0.524. The molecule has 0 bridgehead atoms. The van der Waals surface area contributed by atoms with E-state index in [1.54, 1.807) is 20.8 Å². The van der Waals surface area contributed by atoms with Crippen LogP contribution in [-0.4, -0.2) is 53.0 Å². The Morgan fingerprint density at radius 1 is 1.27 bits per heavy atom. The Bertz CT molecular complexity index is 765. The summed E-state index contributed by atoms with van der Waals surface area (Å²) in [4.78, 5) is 28.2. The van der Waals surface area contributed by atoms with Gasteiger partial charge < -0.3 is 19.5 Å². The number of alkyl halides is 3. The van der Waals surface area contributed by atoms with Gasteiger partial charge in [0.05, 0.1) is 6.26 Å². The van der Waals surface area contributed by atoms with E-state index >= 15 is 0 Å². The Labute approximate surface area is 174 Å². The smallest absolute Gasteiger partial charge is 0.406 e. The highest BCUT2D eigenvalue weighted by atomic mass is 19.4. The number of allylic oxidation sites excluding steroid dienone is 2. The summed E-state index contributed by atoms with van der Waals surface area (Å²) >= 11 is 0. The molecule has 0 fully saturated rings. The van der Waals surface area contributed by atoms with Gasteiger partial charge >= 0.3 is 6.18 Å². The van der Waals surface area contributed by atoms with Crippen LogP contribution >= 0.6 is 0 Å². The largest absolute Gasteiger partial charge is 0.467 e. The molecule has 1 unspecified atom stereocenters. The molecule has 166 valence electrons. The van der Waals surface area contributed by atoms with Gasteiger partial charge in [-0.25, -0.2) is 0 Å². The third-order valence-electron chi connectivity index (χ3n) is 4.26. The van der Waals surface area contributed by atoms with E-state index in [2.05, 4.69) is 5.32 Å². The van der Waals surface area contributed by atoms with Crippen molar-refractivity contribution in [2.45, 2.75) is 51.4 Å². The zero-order valence-corrected chi connectivity index (χ0v) is 17.4. The van der Waals surface area contributed by atoms with E-state index in [9.17, 15) is 22.8 Å². The summed E-state index contributed by atoms with van der Waals surface area (Å²) in [5.41, 5.74) is -0.691. The number of amides is 2. The molecule has 2 amide bonds. The van der Waals surface area contributed by atoms with Crippen LogP contribution < -0.4 is 5.32 Å². The minimum atomic E-state index is -4.66. The predicted octanol–water partition coefficient (Wildman–Crippen LogP) is 3.79. The van der Waals surface area contributed by atoms with Crippen LogP contribution in [0.1, 0.15) is 45.4 Å². The van der Waals surface area contributed by atoms with E-state index < -0.39 is 36.1 Å². The van der Waals surface area contributed by atoms with Crippen LogP contribution in [0.25, 0.3) is 0 Å². The van der Waals surface area contributed by atoms with Crippen molar-refractivity contribution in [3.63, 3.8) is 0 Å². The van der Waals surface area contributed by atoms with Gasteiger partial charge in [0.2, 0.25) is 5.91 Å². The highest BCUT2D eigenvalue weighted by molar-refractivity contribution is 5.88. The minimum absolute atomic E-state index is 0.0153. The van der Waals surface area contributed by atoms with E-state index in [0.29, 0.717) is 24.4 Å². The van der Waals surface area contributed by atoms with Crippen LogP contribution in [0.3, 0.4) is 0 Å². The Morgan fingerprint density at radius 3 is 2.53 bits per heavy atom. The lowest BCUT2D eigenvalue weighted by molar-refractivity contribution is -0.169. The first-order valence-corrected chi connectivity index (χ1v) is 9.75. The molecule has 2 heterocycles. The maximum absolute atomic E-state index is 13.3. The summed E-state index contributed by atoms with van der Waals surface area (Å²) < 4.78 is 45.1. The first kappa shape index (κ1) is 23.6. The molecule has 1 aromatic heterocycles. The highest BCUT2D eigenvalue weighted by Crippen LogP contribution is 2.28. The molecule has 0 saturated carbocycles. The minimum Gasteiger partial charge on any atom is -0.467 e. The molecule has 2 rings (SSSR count). The lowest BCUT2D eigenvalue weighted by atomic mass is 10.1. The molecule has 1 aliphatic heterocycles. The van der Waals surface area contributed by atoms with Gasteiger partial charge in [-0.1, -0.05) is 12.2 Å². The standard InChI is InChI=1S/C21H28F3N3O3/c1-20(2,3)25-19(29)18(16-9-8-14-30-16)27(15-21(22,23)24)17(28)10-7-13-26-11-5-4-6-12-26/h4-6,8-9,11,14,18H,7,10,12-13,15H2,1-3H3,(H,25,29). The quantitative estimate of drug-likeness (QED) is 0.686. The monoisotopic (exact) mass is 427 g/mol. The predicted molar refractivity (Wildman–Crippen MR) is 106 cm³/mol. The van der Waals surface area contributed by atoms with Crippen LogP contribution in [-0.2, 0) is 9.59 Å². The average Bonchev–Trinajstić information content (AvgIpc) is 3.13. The van der Waals surface area contributed by atoms with Crippen molar-refractivity contribution in [3.05, 3.63) is 48.6 Å². The zero-order valence-electron chi connectivity index (χ0n) is 17.4. The number of rotatable bonds is 8. The van der Waals surface area contributed by atoms with Gasteiger partial charge in [0.1, 0.15) is 12.3 Å². The third kappa shape index (κ3) is 7.61. The molecule has 0 radical (unpaired) electrons. The second kappa shape index (κ2) is 9.86. The first-order chi connectivity index (χ1) is 14.0. The number of hydrogen-bond donors (Lipinski definition) is 1. The summed E-state index contributed by atoms with van der Waals surface area (Å²) in [6.07, 6.45) is 4.39. The Balaban J connectivity index is 2.19. The number of halogens is 3. The maximum Gasteiger partial charge on any atom is 0.406 e. The molecule has 0 aliphatic carbocycles. The molecule has 1 aliphatic rings. The molecule has 1 aromatic rings. The Kier molecular flexibility index (Phi) is 7.75. The van der Waals surface area contributed by atoms with Crippen molar-refractivity contribution >= 4 is 11.8 Å². The number of furan rings is 1. The van der Waals surface area contributed by atoms with Gasteiger partial charge in [0.25, 0.3) is 5.91 Å². The molecular formula is C21H28F3N3O3. The molecular weight excluding hydrogens is 399 g/mol. The van der Waals surface area contributed by atoms with Crippen LogP contribution in [0.2, 0.25) is 0 Å². The summed E-state index contributed by atoms with van der Waals surface area (Å²) in [5, 5.41) is 2.65.